The topological polar surface area (TPSA) is 61.8 Å². The van der Waals surface area contributed by atoms with Gasteiger partial charge in [-0.25, -0.2) is 0 Å². The quantitative estimate of drug-likeness (QED) is 0.289. The highest BCUT2D eigenvalue weighted by molar-refractivity contribution is 6.36. The molecule has 1 unspecified atom stereocenters. The summed E-state index contributed by atoms with van der Waals surface area (Å²) in [5.74, 6) is 1.15. The van der Waals surface area contributed by atoms with Gasteiger partial charge in [-0.1, -0.05) is 60.0 Å². The molecule has 1 fully saturated rings. The third-order valence-corrected chi connectivity index (χ3v) is 9.09. The lowest BCUT2D eigenvalue weighted by Crippen LogP contribution is -2.37. The minimum Gasteiger partial charge on any atom is -0.508 e. The lowest BCUT2D eigenvalue weighted by molar-refractivity contribution is -0.123. The summed E-state index contributed by atoms with van der Waals surface area (Å²) in [5, 5.41) is 15.1. The van der Waals surface area contributed by atoms with Gasteiger partial charge in [-0.3, -0.25) is 4.79 Å². The van der Waals surface area contributed by atoms with Crippen molar-refractivity contribution in [2.45, 2.75) is 51.0 Å². The van der Waals surface area contributed by atoms with E-state index in [0.717, 1.165) is 55.4 Å². The summed E-state index contributed by atoms with van der Waals surface area (Å²) < 4.78 is 6.24. The van der Waals surface area contributed by atoms with E-state index in [0.29, 0.717) is 29.0 Å². The third-order valence-electron chi connectivity index (χ3n) is 8.54. The molecule has 0 bridgehead atoms. The molecule has 0 radical (unpaired) electrons. The van der Waals surface area contributed by atoms with E-state index in [1.165, 1.54) is 16.7 Å². The summed E-state index contributed by atoms with van der Waals surface area (Å²) in [7, 11) is 3.49. The molecular formula is C34H38Cl2N2O3. The van der Waals surface area contributed by atoms with Gasteiger partial charge in [0, 0.05) is 42.2 Å². The molecule has 0 spiro atoms. The van der Waals surface area contributed by atoms with E-state index >= 15 is 0 Å². The molecule has 0 aromatic heterocycles. The number of nitrogens with zero attached hydrogens (tertiary/aromatic N) is 1. The minimum absolute atomic E-state index is 0.0178. The molecule has 5 rings (SSSR count). The van der Waals surface area contributed by atoms with Crippen LogP contribution in [0.4, 0.5) is 0 Å². The van der Waals surface area contributed by atoms with Gasteiger partial charge in [-0.15, -0.1) is 0 Å². The average molecular weight is 594 g/mol. The molecule has 2 N–H and O–H groups in total. The van der Waals surface area contributed by atoms with Crippen LogP contribution in [0.3, 0.4) is 0 Å². The first-order chi connectivity index (χ1) is 19.6. The number of carbonyl (C=O) groups is 1. The van der Waals surface area contributed by atoms with Crippen molar-refractivity contribution in [1.82, 2.24) is 10.2 Å². The molecular weight excluding hydrogens is 555 g/mol. The Morgan fingerprint density at radius 1 is 1.12 bits per heavy atom. The standard InChI is InChI=1S/C34H38Cl2N2O3/c1-33-16-15-26(39)20-24(33)6-4-7-29(28-14-11-25(35)21-30(28)36)32(33)23-9-12-27(13-10-23)41-22-34(17-18-34)37-19-5-8-31(40)38(2)3/h5,8-15,20-21,37,39H,4,6-7,16-19,22H2,1-3H3/b8-5+. The zero-order chi connectivity index (χ0) is 29.2. The minimum atomic E-state index is -0.271. The SMILES string of the molecule is CN(C)C(=O)/C=C/CNC1(COc2ccc(C3=C(c4ccc(Cl)cc4Cl)CCCC4=CC(O)=CCC43C)cc2)CC1. The number of ether oxygens (including phenoxy) is 1. The molecule has 0 aliphatic heterocycles. The number of benzene rings is 2. The van der Waals surface area contributed by atoms with E-state index in [9.17, 15) is 9.90 Å². The van der Waals surface area contributed by atoms with Crippen molar-refractivity contribution < 1.29 is 14.6 Å². The number of aliphatic hydroxyl groups is 1. The molecule has 5 nitrogen and oxygen atoms in total. The second-order valence-electron chi connectivity index (χ2n) is 11.8. The summed E-state index contributed by atoms with van der Waals surface area (Å²) >= 11 is 13.0. The summed E-state index contributed by atoms with van der Waals surface area (Å²) in [4.78, 5) is 13.3. The maximum atomic E-state index is 11.8. The van der Waals surface area contributed by atoms with Crippen molar-refractivity contribution in [3.8, 4) is 5.75 Å². The summed E-state index contributed by atoms with van der Waals surface area (Å²) in [6.45, 7) is 3.48. The van der Waals surface area contributed by atoms with Gasteiger partial charge < -0.3 is 20.1 Å². The van der Waals surface area contributed by atoms with Gasteiger partial charge in [0.25, 0.3) is 0 Å². The van der Waals surface area contributed by atoms with E-state index < -0.39 is 0 Å². The van der Waals surface area contributed by atoms with Crippen LogP contribution in [0.5, 0.6) is 5.75 Å². The number of rotatable bonds is 9. The maximum Gasteiger partial charge on any atom is 0.245 e. The highest BCUT2D eigenvalue weighted by Crippen LogP contribution is 2.55. The Bertz CT molecular complexity index is 1430. The molecule has 0 heterocycles. The van der Waals surface area contributed by atoms with E-state index in [4.69, 9.17) is 27.9 Å². The second kappa shape index (κ2) is 12.1. The van der Waals surface area contributed by atoms with Crippen LogP contribution in [0.1, 0.15) is 56.6 Å². The lowest BCUT2D eigenvalue weighted by Gasteiger charge is -2.37. The highest BCUT2D eigenvalue weighted by atomic mass is 35.5. The predicted molar refractivity (Wildman–Crippen MR) is 168 cm³/mol. The maximum absolute atomic E-state index is 11.8. The number of hydrogen-bond donors (Lipinski definition) is 2. The molecule has 7 heteroatoms. The third kappa shape index (κ3) is 6.58. The molecule has 2 aromatic carbocycles. The molecule has 3 aliphatic rings. The van der Waals surface area contributed by atoms with Crippen LogP contribution in [0, 0.1) is 5.41 Å². The van der Waals surface area contributed by atoms with Crippen molar-refractivity contribution in [2.24, 2.45) is 5.41 Å². The van der Waals surface area contributed by atoms with E-state index in [-0.39, 0.29) is 16.9 Å². The van der Waals surface area contributed by atoms with Crippen LogP contribution in [0.15, 0.2) is 78.1 Å². The predicted octanol–water partition coefficient (Wildman–Crippen LogP) is 8.01. The van der Waals surface area contributed by atoms with Gasteiger partial charge in [-0.05, 0) is 97.2 Å². The van der Waals surface area contributed by atoms with Crippen molar-refractivity contribution in [3.63, 3.8) is 0 Å². The molecule has 41 heavy (non-hydrogen) atoms. The fourth-order valence-electron chi connectivity index (χ4n) is 5.90. The molecule has 216 valence electrons. The average Bonchev–Trinajstić information content (AvgIpc) is 3.73. The summed E-state index contributed by atoms with van der Waals surface area (Å²) in [6, 6.07) is 14.1. The number of halogens is 2. The van der Waals surface area contributed by atoms with E-state index in [1.807, 2.05) is 48.6 Å². The van der Waals surface area contributed by atoms with Crippen molar-refractivity contribution >= 4 is 40.3 Å². The van der Waals surface area contributed by atoms with Gasteiger partial charge in [0.2, 0.25) is 5.91 Å². The number of hydrogen-bond acceptors (Lipinski definition) is 4. The number of amides is 1. The Labute approximate surface area is 253 Å². The van der Waals surface area contributed by atoms with E-state index in [2.05, 4.69) is 24.4 Å². The second-order valence-corrected chi connectivity index (χ2v) is 12.6. The Kier molecular flexibility index (Phi) is 8.70. The van der Waals surface area contributed by atoms with Gasteiger partial charge in [0.05, 0.1) is 5.54 Å². The van der Waals surface area contributed by atoms with Gasteiger partial charge in [-0.2, -0.15) is 0 Å². The lowest BCUT2D eigenvalue weighted by atomic mass is 9.67. The van der Waals surface area contributed by atoms with Gasteiger partial charge in [0.1, 0.15) is 18.1 Å². The van der Waals surface area contributed by atoms with Crippen LogP contribution < -0.4 is 10.1 Å². The first kappa shape index (κ1) is 29.5. The molecule has 1 amide bonds. The van der Waals surface area contributed by atoms with Crippen LogP contribution in [-0.2, 0) is 4.79 Å². The molecule has 3 aliphatic carbocycles. The summed E-state index contributed by atoms with van der Waals surface area (Å²) in [6.07, 6.45) is 12.9. The fraction of sp³-hybridized carbons (Fsp3) is 0.382. The monoisotopic (exact) mass is 592 g/mol. The molecule has 0 saturated heterocycles. The number of likely N-dealkylation sites (N-methyl/N-ethyl adjacent to an activating group) is 1. The Morgan fingerprint density at radius 2 is 1.88 bits per heavy atom. The number of allylic oxidation sites excluding steroid dienone is 5. The first-order valence-corrected chi connectivity index (χ1v) is 15.0. The van der Waals surface area contributed by atoms with Crippen molar-refractivity contribution in [1.29, 1.82) is 0 Å². The highest BCUT2D eigenvalue weighted by Gasteiger charge is 2.43. The van der Waals surface area contributed by atoms with E-state index in [1.54, 1.807) is 25.1 Å². The largest absolute Gasteiger partial charge is 0.508 e. The number of carbonyl (C=O) groups excluding carboxylic acids is 1. The Balaban J connectivity index is 1.39. The normalized spacial score (nSPS) is 21.6. The zero-order valence-electron chi connectivity index (χ0n) is 24.0. The first-order valence-electron chi connectivity index (χ1n) is 14.3. The molecule has 1 atom stereocenters. The van der Waals surface area contributed by atoms with Crippen molar-refractivity contribution in [3.05, 3.63) is 99.3 Å². The zero-order valence-corrected chi connectivity index (χ0v) is 25.5. The summed E-state index contributed by atoms with van der Waals surface area (Å²) in [5.41, 5.74) is 5.52. The molecule has 1 saturated carbocycles. The number of fused-ring (bicyclic) bond motifs is 1. The molecule has 2 aromatic rings. The number of aliphatic hydroxyl groups excluding tert-OH is 1. The smallest absolute Gasteiger partial charge is 0.245 e. The number of nitrogens with one attached hydrogen (secondary N) is 1. The van der Waals surface area contributed by atoms with Gasteiger partial charge in [0.15, 0.2) is 0 Å². The fourth-order valence-corrected chi connectivity index (χ4v) is 6.43. The van der Waals surface area contributed by atoms with Crippen molar-refractivity contribution in [2.75, 3.05) is 27.2 Å². The van der Waals surface area contributed by atoms with Crippen LogP contribution in [0.25, 0.3) is 11.1 Å². The Hall–Kier alpha value is -2.99. The van der Waals surface area contributed by atoms with Crippen LogP contribution >= 0.6 is 23.2 Å². The van der Waals surface area contributed by atoms with Crippen LogP contribution in [0.2, 0.25) is 10.0 Å². The van der Waals surface area contributed by atoms with Crippen LogP contribution in [-0.4, -0.2) is 48.7 Å². The van der Waals surface area contributed by atoms with Gasteiger partial charge >= 0.3 is 0 Å². The Morgan fingerprint density at radius 3 is 2.56 bits per heavy atom.